The molecule has 2 aliphatic carbocycles. The summed E-state index contributed by atoms with van der Waals surface area (Å²) in [4.78, 5) is 48.0. The second kappa shape index (κ2) is 8.67. The van der Waals surface area contributed by atoms with Crippen LogP contribution in [0.15, 0.2) is 12.2 Å². The highest BCUT2D eigenvalue weighted by molar-refractivity contribution is 6.12. The van der Waals surface area contributed by atoms with Gasteiger partial charge in [0.05, 0.1) is 5.92 Å². The fourth-order valence-corrected chi connectivity index (χ4v) is 4.48. The van der Waals surface area contributed by atoms with Crippen molar-refractivity contribution in [1.82, 2.24) is 10.2 Å². The highest BCUT2D eigenvalue weighted by Gasteiger charge is 2.32. The summed E-state index contributed by atoms with van der Waals surface area (Å²) in [5.74, 6) is -0.675. The van der Waals surface area contributed by atoms with Gasteiger partial charge < -0.3 is 10.4 Å². The highest BCUT2D eigenvalue weighted by atomic mass is 16.4. The second-order valence-electron chi connectivity index (χ2n) is 8.14. The first-order valence-electron chi connectivity index (χ1n) is 9.98. The molecule has 7 nitrogen and oxygen atoms in total. The quantitative estimate of drug-likeness (QED) is 0.687. The highest BCUT2D eigenvalue weighted by Crippen LogP contribution is 2.31. The first-order chi connectivity index (χ1) is 12.9. The molecule has 148 valence electrons. The van der Waals surface area contributed by atoms with Gasteiger partial charge in [-0.25, -0.2) is 0 Å². The number of carbonyl (C=O) groups excluding carboxylic acids is 3. The van der Waals surface area contributed by atoms with Crippen LogP contribution in [0.2, 0.25) is 0 Å². The minimum absolute atomic E-state index is 0.000264. The van der Waals surface area contributed by atoms with Crippen molar-refractivity contribution in [3.05, 3.63) is 12.2 Å². The lowest BCUT2D eigenvalue weighted by molar-refractivity contribution is -0.143. The average Bonchev–Trinajstić information content (AvgIpc) is 2.99. The predicted octanol–water partition coefficient (Wildman–Crippen LogP) is 1.72. The van der Waals surface area contributed by atoms with Gasteiger partial charge in [-0.2, -0.15) is 0 Å². The van der Waals surface area contributed by atoms with E-state index in [0.29, 0.717) is 31.8 Å². The maximum Gasteiger partial charge on any atom is 0.306 e. The topological polar surface area (TPSA) is 104 Å². The van der Waals surface area contributed by atoms with Crippen LogP contribution in [-0.2, 0) is 19.2 Å². The largest absolute Gasteiger partial charge is 0.481 e. The Hall–Kier alpha value is -2.18. The maximum absolute atomic E-state index is 12.4. The number of nitrogens with one attached hydrogen (secondary N) is 1. The first-order valence-corrected chi connectivity index (χ1v) is 9.98. The van der Waals surface area contributed by atoms with Crippen LogP contribution in [0.4, 0.5) is 0 Å². The molecule has 1 aliphatic heterocycles. The van der Waals surface area contributed by atoms with Crippen LogP contribution in [-0.4, -0.2) is 46.8 Å². The van der Waals surface area contributed by atoms with Crippen molar-refractivity contribution >= 4 is 23.7 Å². The first kappa shape index (κ1) is 19.6. The number of nitrogens with zero attached hydrogens (tertiary/aromatic N) is 1. The van der Waals surface area contributed by atoms with Crippen LogP contribution in [0, 0.1) is 23.7 Å². The van der Waals surface area contributed by atoms with Gasteiger partial charge in [0.15, 0.2) is 0 Å². The molecular formula is C20H28N2O5. The summed E-state index contributed by atoms with van der Waals surface area (Å²) in [6.07, 6.45) is 8.99. The van der Waals surface area contributed by atoms with Gasteiger partial charge in [-0.15, -0.1) is 0 Å². The zero-order valence-electron chi connectivity index (χ0n) is 15.6. The number of aliphatic carboxylic acids is 1. The third-order valence-electron chi connectivity index (χ3n) is 6.32. The standard InChI is InChI=1S/C20H28N2O5/c23-17-9-10-18(24)22(17)12-14-3-5-15(6-4-14)19(25)21-11-13-1-7-16(8-2-13)20(26)27/h9-10,13-16H,1-8,11-12H2,(H,21,25)(H,26,27). The van der Waals surface area contributed by atoms with Crippen molar-refractivity contribution in [1.29, 1.82) is 0 Å². The number of carboxylic acid groups (broad SMARTS) is 1. The van der Waals surface area contributed by atoms with Crippen LogP contribution in [0.25, 0.3) is 0 Å². The molecule has 0 aromatic heterocycles. The number of hydrogen-bond acceptors (Lipinski definition) is 4. The average molecular weight is 376 g/mol. The van der Waals surface area contributed by atoms with E-state index in [-0.39, 0.29) is 35.5 Å². The molecule has 0 aromatic rings. The molecule has 0 saturated heterocycles. The summed E-state index contributed by atoms with van der Waals surface area (Å²) >= 11 is 0. The van der Waals surface area contributed by atoms with Gasteiger partial charge in [0, 0.05) is 31.2 Å². The van der Waals surface area contributed by atoms with Gasteiger partial charge in [0.25, 0.3) is 11.8 Å². The van der Waals surface area contributed by atoms with E-state index < -0.39 is 5.97 Å². The lowest BCUT2D eigenvalue weighted by Gasteiger charge is -2.31. The van der Waals surface area contributed by atoms with Gasteiger partial charge in [0.1, 0.15) is 0 Å². The molecule has 1 heterocycles. The van der Waals surface area contributed by atoms with E-state index in [1.54, 1.807) is 0 Å². The molecule has 0 unspecified atom stereocenters. The Bertz CT molecular complexity index is 610. The van der Waals surface area contributed by atoms with Crippen molar-refractivity contribution < 1.29 is 24.3 Å². The van der Waals surface area contributed by atoms with E-state index in [1.165, 1.54) is 17.1 Å². The molecule has 0 bridgehead atoms. The molecule has 2 saturated carbocycles. The van der Waals surface area contributed by atoms with Crippen molar-refractivity contribution in [2.75, 3.05) is 13.1 Å². The summed E-state index contributed by atoms with van der Waals surface area (Å²) < 4.78 is 0. The van der Waals surface area contributed by atoms with Crippen LogP contribution >= 0.6 is 0 Å². The molecule has 0 atom stereocenters. The van der Waals surface area contributed by atoms with E-state index in [4.69, 9.17) is 5.11 Å². The van der Waals surface area contributed by atoms with Crippen LogP contribution in [0.1, 0.15) is 51.4 Å². The SMILES string of the molecule is O=C(O)C1CCC(CNC(=O)C2CCC(CN3C(=O)C=CC3=O)CC2)CC1. The molecule has 3 rings (SSSR count). The second-order valence-corrected chi connectivity index (χ2v) is 8.14. The fourth-order valence-electron chi connectivity index (χ4n) is 4.48. The Labute approximate surface area is 159 Å². The maximum atomic E-state index is 12.4. The van der Waals surface area contributed by atoms with Gasteiger partial charge in [-0.3, -0.25) is 24.1 Å². The van der Waals surface area contributed by atoms with Crippen molar-refractivity contribution in [2.45, 2.75) is 51.4 Å². The fraction of sp³-hybridized carbons (Fsp3) is 0.700. The summed E-state index contributed by atoms with van der Waals surface area (Å²) in [5.41, 5.74) is 0. The lowest BCUT2D eigenvalue weighted by Crippen LogP contribution is -2.39. The molecule has 27 heavy (non-hydrogen) atoms. The summed E-state index contributed by atoms with van der Waals surface area (Å²) in [6, 6.07) is 0. The number of imide groups is 1. The molecular weight excluding hydrogens is 348 g/mol. The molecule has 3 amide bonds. The Kier molecular flexibility index (Phi) is 6.29. The number of carbonyl (C=O) groups is 4. The zero-order valence-corrected chi connectivity index (χ0v) is 15.6. The summed E-state index contributed by atoms with van der Waals surface area (Å²) in [6.45, 7) is 1.08. The molecule has 3 aliphatic rings. The zero-order chi connectivity index (χ0) is 19.4. The number of carboxylic acids is 1. The van der Waals surface area contributed by atoms with Crippen molar-refractivity contribution in [3.63, 3.8) is 0 Å². The Morgan fingerprint density at radius 2 is 1.41 bits per heavy atom. The van der Waals surface area contributed by atoms with E-state index in [1.807, 2.05) is 0 Å². The predicted molar refractivity (Wildman–Crippen MR) is 97.4 cm³/mol. The number of hydrogen-bond donors (Lipinski definition) is 2. The third kappa shape index (κ3) is 4.96. The third-order valence-corrected chi connectivity index (χ3v) is 6.32. The van der Waals surface area contributed by atoms with Gasteiger partial charge in [0.2, 0.25) is 5.91 Å². The lowest BCUT2D eigenvalue weighted by atomic mass is 9.80. The molecule has 2 fully saturated rings. The minimum Gasteiger partial charge on any atom is -0.481 e. The van der Waals surface area contributed by atoms with Gasteiger partial charge >= 0.3 is 5.97 Å². The Balaban J connectivity index is 1.35. The van der Waals surface area contributed by atoms with Crippen LogP contribution < -0.4 is 5.32 Å². The van der Waals surface area contributed by atoms with Crippen LogP contribution in [0.3, 0.4) is 0 Å². The summed E-state index contributed by atoms with van der Waals surface area (Å²) in [5, 5.41) is 12.1. The normalized spacial score (nSPS) is 31.2. The van der Waals surface area contributed by atoms with E-state index in [0.717, 1.165) is 38.5 Å². The Morgan fingerprint density at radius 1 is 0.889 bits per heavy atom. The smallest absolute Gasteiger partial charge is 0.306 e. The van der Waals surface area contributed by atoms with Gasteiger partial charge in [-0.1, -0.05) is 0 Å². The van der Waals surface area contributed by atoms with E-state index >= 15 is 0 Å². The van der Waals surface area contributed by atoms with Gasteiger partial charge in [-0.05, 0) is 63.2 Å². The minimum atomic E-state index is -0.706. The Morgan fingerprint density at radius 3 is 1.96 bits per heavy atom. The van der Waals surface area contributed by atoms with Crippen LogP contribution in [0.5, 0.6) is 0 Å². The molecule has 7 heteroatoms. The number of rotatable bonds is 6. The van der Waals surface area contributed by atoms with E-state index in [9.17, 15) is 19.2 Å². The molecule has 0 aromatic carbocycles. The van der Waals surface area contributed by atoms with E-state index in [2.05, 4.69) is 5.32 Å². The molecule has 0 spiro atoms. The van der Waals surface area contributed by atoms with Crippen molar-refractivity contribution in [3.8, 4) is 0 Å². The monoisotopic (exact) mass is 376 g/mol. The summed E-state index contributed by atoms with van der Waals surface area (Å²) in [7, 11) is 0. The molecule has 0 radical (unpaired) electrons. The van der Waals surface area contributed by atoms with Crippen molar-refractivity contribution in [2.24, 2.45) is 23.7 Å². The molecule has 2 N–H and O–H groups in total. The number of amides is 3.